The van der Waals surface area contributed by atoms with E-state index in [0.29, 0.717) is 0 Å². The van der Waals surface area contributed by atoms with Crippen molar-refractivity contribution in [3.8, 4) is 11.4 Å². The van der Waals surface area contributed by atoms with Crippen LogP contribution in [0.3, 0.4) is 0 Å². The number of likely N-dealkylation sites (N-methyl/N-ethyl adjacent to an activating group) is 1. The van der Waals surface area contributed by atoms with Crippen molar-refractivity contribution >= 4 is 17.3 Å². The SMILES string of the molecule is Cc1cc(C2C(c3ccccn3)NC(=S)N2CCN(C)C)c(C)n1-c1ccc(O)cc1. The third-order valence-electron chi connectivity index (χ3n) is 5.88. The fraction of sp³-hybridized carbons (Fsp3) is 0.333. The molecule has 0 saturated carbocycles. The van der Waals surface area contributed by atoms with Crippen molar-refractivity contribution in [1.29, 1.82) is 0 Å². The molecule has 2 unspecified atom stereocenters. The second-order valence-electron chi connectivity index (χ2n) is 8.30. The summed E-state index contributed by atoms with van der Waals surface area (Å²) in [6.07, 6.45) is 1.83. The summed E-state index contributed by atoms with van der Waals surface area (Å²) in [5, 5.41) is 14.0. The van der Waals surface area contributed by atoms with Gasteiger partial charge in [-0.1, -0.05) is 6.07 Å². The number of aromatic nitrogens is 2. The summed E-state index contributed by atoms with van der Waals surface area (Å²) in [4.78, 5) is 9.10. The summed E-state index contributed by atoms with van der Waals surface area (Å²) in [7, 11) is 4.16. The highest BCUT2D eigenvalue weighted by molar-refractivity contribution is 7.80. The second-order valence-corrected chi connectivity index (χ2v) is 8.69. The van der Waals surface area contributed by atoms with Crippen LogP contribution in [0.4, 0.5) is 0 Å². The first-order valence-corrected chi connectivity index (χ1v) is 10.9. The predicted octanol–water partition coefficient (Wildman–Crippen LogP) is 3.73. The number of rotatable bonds is 6. The molecule has 2 N–H and O–H groups in total. The van der Waals surface area contributed by atoms with Crippen molar-refractivity contribution in [2.45, 2.75) is 25.9 Å². The molecule has 3 aromatic rings. The minimum absolute atomic E-state index is 0.0235. The van der Waals surface area contributed by atoms with Crippen molar-refractivity contribution in [3.63, 3.8) is 0 Å². The van der Waals surface area contributed by atoms with Crippen LogP contribution in [0.15, 0.2) is 54.7 Å². The van der Waals surface area contributed by atoms with Gasteiger partial charge in [0, 0.05) is 36.4 Å². The molecule has 0 amide bonds. The summed E-state index contributed by atoms with van der Waals surface area (Å²) in [6, 6.07) is 15.6. The Bertz CT molecular complexity index is 1060. The third kappa shape index (κ3) is 4.16. The zero-order chi connectivity index (χ0) is 22.1. The van der Waals surface area contributed by atoms with Crippen LogP contribution in [0.1, 0.15) is 34.7 Å². The Morgan fingerprint density at radius 3 is 2.52 bits per heavy atom. The average molecular weight is 436 g/mol. The molecule has 0 bridgehead atoms. The normalized spacial score (nSPS) is 18.6. The first-order valence-electron chi connectivity index (χ1n) is 10.5. The lowest BCUT2D eigenvalue weighted by Gasteiger charge is -2.29. The minimum Gasteiger partial charge on any atom is -0.508 e. The molecule has 162 valence electrons. The van der Waals surface area contributed by atoms with E-state index in [4.69, 9.17) is 12.2 Å². The van der Waals surface area contributed by atoms with Crippen molar-refractivity contribution < 1.29 is 5.11 Å². The topological polar surface area (TPSA) is 56.6 Å². The van der Waals surface area contributed by atoms with Gasteiger partial charge in [0.05, 0.1) is 17.8 Å². The maximum atomic E-state index is 9.70. The second kappa shape index (κ2) is 8.69. The zero-order valence-corrected chi connectivity index (χ0v) is 19.2. The van der Waals surface area contributed by atoms with Crippen LogP contribution in [0.5, 0.6) is 5.75 Å². The molecule has 1 aromatic carbocycles. The van der Waals surface area contributed by atoms with Crippen molar-refractivity contribution in [1.82, 2.24) is 24.7 Å². The van der Waals surface area contributed by atoms with Gasteiger partial charge < -0.3 is 24.8 Å². The molecule has 0 spiro atoms. The maximum absolute atomic E-state index is 9.70. The predicted molar refractivity (Wildman–Crippen MR) is 128 cm³/mol. The molecule has 31 heavy (non-hydrogen) atoms. The Labute approximate surface area is 189 Å². The molecule has 2 aromatic heterocycles. The average Bonchev–Trinajstić information content (AvgIpc) is 3.23. The first-order chi connectivity index (χ1) is 14.9. The number of thiocarbonyl (C=S) groups is 1. The highest BCUT2D eigenvalue weighted by atomic mass is 32.1. The zero-order valence-electron chi connectivity index (χ0n) is 18.4. The third-order valence-corrected chi connectivity index (χ3v) is 6.24. The van der Waals surface area contributed by atoms with Gasteiger partial charge in [0.2, 0.25) is 0 Å². The van der Waals surface area contributed by atoms with E-state index >= 15 is 0 Å². The van der Waals surface area contributed by atoms with Gasteiger partial charge in [-0.15, -0.1) is 0 Å². The molecular weight excluding hydrogens is 406 g/mol. The number of phenols is 1. The Hall–Kier alpha value is -2.90. The van der Waals surface area contributed by atoms with E-state index in [2.05, 4.69) is 64.7 Å². The Kier molecular flexibility index (Phi) is 5.98. The highest BCUT2D eigenvalue weighted by Gasteiger charge is 2.41. The number of hydrogen-bond donors (Lipinski definition) is 2. The van der Waals surface area contributed by atoms with Gasteiger partial charge in [0.1, 0.15) is 5.75 Å². The molecule has 2 atom stereocenters. The van der Waals surface area contributed by atoms with Crippen LogP contribution in [0.2, 0.25) is 0 Å². The van der Waals surface area contributed by atoms with Gasteiger partial charge in [-0.3, -0.25) is 4.98 Å². The molecule has 3 heterocycles. The van der Waals surface area contributed by atoms with Gasteiger partial charge in [0.15, 0.2) is 5.11 Å². The fourth-order valence-corrected chi connectivity index (χ4v) is 4.71. The number of benzene rings is 1. The van der Waals surface area contributed by atoms with E-state index in [1.807, 2.05) is 30.5 Å². The summed E-state index contributed by atoms with van der Waals surface area (Å²) < 4.78 is 2.23. The number of aryl methyl sites for hydroxylation is 1. The maximum Gasteiger partial charge on any atom is 0.170 e. The standard InChI is InChI=1S/C24H29N5OS/c1-16-15-20(17(2)29(16)18-8-10-19(30)11-9-18)23-22(21-7-5-6-12-25-21)26-24(31)28(23)14-13-27(3)4/h5-12,15,22-23,30H,13-14H2,1-4H3,(H,26,31). The van der Waals surface area contributed by atoms with Crippen LogP contribution >= 0.6 is 12.2 Å². The summed E-state index contributed by atoms with van der Waals surface area (Å²) in [6.45, 7) is 6.00. The van der Waals surface area contributed by atoms with Crippen LogP contribution in [-0.2, 0) is 0 Å². The summed E-state index contributed by atoms with van der Waals surface area (Å²) >= 11 is 5.77. The highest BCUT2D eigenvalue weighted by Crippen LogP contribution is 2.41. The van der Waals surface area contributed by atoms with E-state index in [-0.39, 0.29) is 17.8 Å². The molecule has 4 rings (SSSR count). The minimum atomic E-state index is -0.0235. The lowest BCUT2D eigenvalue weighted by atomic mass is 9.97. The van der Waals surface area contributed by atoms with E-state index in [1.54, 1.807) is 12.1 Å². The van der Waals surface area contributed by atoms with Gasteiger partial charge in [-0.05, 0) is 88.2 Å². The fourth-order valence-electron chi connectivity index (χ4n) is 4.38. The number of aromatic hydroxyl groups is 1. The molecule has 0 aliphatic carbocycles. The number of nitrogens with zero attached hydrogens (tertiary/aromatic N) is 4. The van der Waals surface area contributed by atoms with E-state index in [0.717, 1.165) is 41.0 Å². The van der Waals surface area contributed by atoms with E-state index in [1.165, 1.54) is 5.56 Å². The molecule has 6 nitrogen and oxygen atoms in total. The first kappa shape index (κ1) is 21.3. The molecule has 1 aliphatic heterocycles. The van der Waals surface area contributed by atoms with Crippen LogP contribution in [0.25, 0.3) is 5.69 Å². The Morgan fingerprint density at radius 2 is 1.87 bits per heavy atom. The molecular formula is C24H29N5OS. The number of nitrogens with one attached hydrogen (secondary N) is 1. The van der Waals surface area contributed by atoms with Gasteiger partial charge in [0.25, 0.3) is 0 Å². The Balaban J connectivity index is 1.80. The lowest BCUT2D eigenvalue weighted by Crippen LogP contribution is -2.35. The van der Waals surface area contributed by atoms with Crippen molar-refractivity contribution in [2.24, 2.45) is 0 Å². The number of phenolic OH excluding ortho intramolecular Hbond substituents is 1. The summed E-state index contributed by atoms with van der Waals surface area (Å²) in [5.41, 5.74) is 5.55. The molecule has 0 radical (unpaired) electrons. The largest absolute Gasteiger partial charge is 0.508 e. The molecule has 1 saturated heterocycles. The van der Waals surface area contributed by atoms with Crippen LogP contribution < -0.4 is 5.32 Å². The Morgan fingerprint density at radius 1 is 1.13 bits per heavy atom. The van der Waals surface area contributed by atoms with Crippen molar-refractivity contribution in [3.05, 3.63) is 77.4 Å². The van der Waals surface area contributed by atoms with Crippen LogP contribution in [-0.4, -0.2) is 56.8 Å². The lowest BCUT2D eigenvalue weighted by molar-refractivity contribution is 0.277. The van der Waals surface area contributed by atoms with E-state index < -0.39 is 0 Å². The van der Waals surface area contributed by atoms with E-state index in [9.17, 15) is 5.11 Å². The monoisotopic (exact) mass is 435 g/mol. The molecule has 1 aliphatic rings. The summed E-state index contributed by atoms with van der Waals surface area (Å²) in [5.74, 6) is 0.266. The van der Waals surface area contributed by atoms with Gasteiger partial charge in [-0.2, -0.15) is 0 Å². The molecule has 7 heteroatoms. The number of hydrogen-bond acceptors (Lipinski definition) is 4. The quantitative estimate of drug-likeness (QED) is 0.576. The van der Waals surface area contributed by atoms with Crippen LogP contribution in [0, 0.1) is 13.8 Å². The smallest absolute Gasteiger partial charge is 0.170 e. The molecule has 1 fully saturated rings. The van der Waals surface area contributed by atoms with Gasteiger partial charge >= 0.3 is 0 Å². The number of pyridine rings is 1. The van der Waals surface area contributed by atoms with Crippen molar-refractivity contribution in [2.75, 3.05) is 27.2 Å². The van der Waals surface area contributed by atoms with Gasteiger partial charge in [-0.25, -0.2) is 0 Å².